The summed E-state index contributed by atoms with van der Waals surface area (Å²) >= 11 is 0. The van der Waals surface area contributed by atoms with E-state index in [1.54, 1.807) is 6.07 Å². The second-order valence-electron chi connectivity index (χ2n) is 3.54. The molecule has 0 atom stereocenters. The van der Waals surface area contributed by atoms with Crippen LogP contribution in [0.5, 0.6) is 0 Å². The fourth-order valence-electron chi connectivity index (χ4n) is 1.51. The summed E-state index contributed by atoms with van der Waals surface area (Å²) in [5.74, 6) is -1.01. The van der Waals surface area contributed by atoms with Crippen LogP contribution < -0.4 is 0 Å². The van der Waals surface area contributed by atoms with Crippen LogP contribution in [0.3, 0.4) is 0 Å². The van der Waals surface area contributed by atoms with Gasteiger partial charge in [0.05, 0.1) is 29.9 Å². The number of aliphatic hydroxyl groups excluding tert-OH is 1. The number of hydrogen-bond donors (Lipinski definition) is 1. The SMILES string of the molecule is CCOC(=O)c1cc(C(F)(F)F)c(CO)cc1C#N. The summed E-state index contributed by atoms with van der Waals surface area (Å²) < 4.78 is 42.9. The van der Waals surface area contributed by atoms with E-state index in [0.717, 1.165) is 6.07 Å². The molecule has 102 valence electrons. The Morgan fingerprint density at radius 2 is 2.11 bits per heavy atom. The van der Waals surface area contributed by atoms with E-state index in [2.05, 4.69) is 4.74 Å². The van der Waals surface area contributed by atoms with Crippen molar-refractivity contribution in [2.45, 2.75) is 19.7 Å². The van der Waals surface area contributed by atoms with Gasteiger partial charge in [0.25, 0.3) is 0 Å². The maximum absolute atomic E-state index is 12.8. The molecule has 0 aromatic heterocycles. The third-order valence-electron chi connectivity index (χ3n) is 2.33. The van der Waals surface area contributed by atoms with Gasteiger partial charge in [-0.15, -0.1) is 0 Å². The van der Waals surface area contributed by atoms with Crippen molar-refractivity contribution in [3.8, 4) is 6.07 Å². The first-order valence-corrected chi connectivity index (χ1v) is 5.27. The normalized spacial score (nSPS) is 10.9. The minimum absolute atomic E-state index is 0.0210. The molecule has 0 heterocycles. The van der Waals surface area contributed by atoms with Crippen LogP contribution in [-0.4, -0.2) is 17.7 Å². The summed E-state index contributed by atoms with van der Waals surface area (Å²) in [6.07, 6.45) is -4.73. The van der Waals surface area contributed by atoms with E-state index >= 15 is 0 Å². The van der Waals surface area contributed by atoms with E-state index in [9.17, 15) is 18.0 Å². The molecule has 1 aromatic rings. The van der Waals surface area contributed by atoms with Crippen molar-refractivity contribution in [1.29, 1.82) is 5.26 Å². The van der Waals surface area contributed by atoms with Crippen molar-refractivity contribution in [2.24, 2.45) is 0 Å². The second kappa shape index (κ2) is 5.71. The highest BCUT2D eigenvalue weighted by Gasteiger charge is 2.35. The molecule has 0 unspecified atom stereocenters. The van der Waals surface area contributed by atoms with Gasteiger partial charge < -0.3 is 9.84 Å². The van der Waals surface area contributed by atoms with Gasteiger partial charge in [0.15, 0.2) is 0 Å². The lowest BCUT2D eigenvalue weighted by Crippen LogP contribution is -2.14. The van der Waals surface area contributed by atoms with Gasteiger partial charge in [-0.3, -0.25) is 0 Å². The minimum Gasteiger partial charge on any atom is -0.462 e. The van der Waals surface area contributed by atoms with E-state index in [1.807, 2.05) is 0 Å². The molecule has 0 bridgehead atoms. The zero-order valence-corrected chi connectivity index (χ0v) is 9.91. The molecule has 19 heavy (non-hydrogen) atoms. The lowest BCUT2D eigenvalue weighted by Gasteiger charge is -2.14. The first-order chi connectivity index (χ1) is 8.85. The van der Waals surface area contributed by atoms with Gasteiger partial charge in [-0.1, -0.05) is 0 Å². The molecule has 0 radical (unpaired) electrons. The minimum atomic E-state index is -4.73. The average molecular weight is 273 g/mol. The summed E-state index contributed by atoms with van der Waals surface area (Å²) in [6.45, 7) is 0.593. The van der Waals surface area contributed by atoms with Gasteiger partial charge in [-0.2, -0.15) is 18.4 Å². The lowest BCUT2D eigenvalue weighted by molar-refractivity contribution is -0.138. The van der Waals surface area contributed by atoms with Gasteiger partial charge >= 0.3 is 12.1 Å². The van der Waals surface area contributed by atoms with Gasteiger partial charge in [0.2, 0.25) is 0 Å². The highest BCUT2D eigenvalue weighted by Crippen LogP contribution is 2.34. The van der Waals surface area contributed by atoms with E-state index in [4.69, 9.17) is 10.4 Å². The van der Waals surface area contributed by atoms with E-state index in [0.29, 0.717) is 6.07 Å². The lowest BCUT2D eigenvalue weighted by atomic mass is 9.98. The highest BCUT2D eigenvalue weighted by atomic mass is 19.4. The molecule has 0 aliphatic carbocycles. The zero-order chi connectivity index (χ0) is 14.6. The average Bonchev–Trinajstić information content (AvgIpc) is 2.36. The van der Waals surface area contributed by atoms with Crippen LogP contribution in [0.15, 0.2) is 12.1 Å². The Kier molecular flexibility index (Phi) is 4.51. The standard InChI is InChI=1S/C12H10F3NO3/c1-2-19-11(18)9-4-10(12(13,14)15)8(6-17)3-7(9)5-16/h3-4,17H,2,6H2,1H3. The first-order valence-electron chi connectivity index (χ1n) is 5.27. The largest absolute Gasteiger partial charge is 0.462 e. The van der Waals surface area contributed by atoms with Crippen LogP contribution in [0.4, 0.5) is 13.2 Å². The fraction of sp³-hybridized carbons (Fsp3) is 0.333. The van der Waals surface area contributed by atoms with E-state index in [1.165, 1.54) is 6.92 Å². The molecule has 0 aliphatic rings. The maximum Gasteiger partial charge on any atom is 0.416 e. The molecule has 7 heteroatoms. The molecule has 1 N–H and O–H groups in total. The summed E-state index contributed by atoms with van der Waals surface area (Å²) in [6, 6.07) is 2.98. The summed E-state index contributed by atoms with van der Waals surface area (Å²) in [7, 11) is 0. The molecule has 0 amide bonds. The molecule has 4 nitrogen and oxygen atoms in total. The van der Waals surface area contributed by atoms with Crippen molar-refractivity contribution >= 4 is 5.97 Å². The molecular formula is C12H10F3NO3. The van der Waals surface area contributed by atoms with E-state index in [-0.39, 0.29) is 12.2 Å². The van der Waals surface area contributed by atoms with Crippen LogP contribution in [0.25, 0.3) is 0 Å². The number of aliphatic hydroxyl groups is 1. The molecule has 0 fully saturated rings. The molecule has 0 saturated carbocycles. The van der Waals surface area contributed by atoms with Gasteiger partial charge in [0, 0.05) is 0 Å². The summed E-state index contributed by atoms with van der Waals surface area (Å²) in [4.78, 5) is 11.5. The third kappa shape index (κ3) is 3.23. The third-order valence-corrected chi connectivity index (χ3v) is 2.33. The number of halogens is 3. The maximum atomic E-state index is 12.8. The van der Waals surface area contributed by atoms with Crippen LogP contribution in [0, 0.1) is 11.3 Å². The number of ether oxygens (including phenoxy) is 1. The van der Waals surface area contributed by atoms with Crippen LogP contribution >= 0.6 is 0 Å². The first kappa shape index (κ1) is 15.0. The van der Waals surface area contributed by atoms with Crippen molar-refractivity contribution in [2.75, 3.05) is 6.61 Å². The number of carbonyl (C=O) groups excluding carboxylic acids is 1. The van der Waals surface area contributed by atoms with Crippen molar-refractivity contribution < 1.29 is 27.8 Å². The zero-order valence-electron chi connectivity index (χ0n) is 9.91. The monoisotopic (exact) mass is 273 g/mol. The predicted octanol–water partition coefficient (Wildman–Crippen LogP) is 2.25. The number of nitrogens with zero attached hydrogens (tertiary/aromatic N) is 1. The van der Waals surface area contributed by atoms with Crippen LogP contribution in [0.1, 0.15) is 34.0 Å². The summed E-state index contributed by atoms with van der Waals surface area (Å²) in [5.41, 5.74) is -2.35. The number of benzene rings is 1. The van der Waals surface area contributed by atoms with Crippen molar-refractivity contribution in [3.05, 3.63) is 34.4 Å². The van der Waals surface area contributed by atoms with Crippen molar-refractivity contribution in [3.63, 3.8) is 0 Å². The van der Waals surface area contributed by atoms with Gasteiger partial charge in [-0.05, 0) is 24.6 Å². The number of esters is 1. The smallest absolute Gasteiger partial charge is 0.416 e. The molecule has 0 aliphatic heterocycles. The second-order valence-corrected chi connectivity index (χ2v) is 3.54. The number of alkyl halides is 3. The Bertz CT molecular complexity index is 532. The highest BCUT2D eigenvalue weighted by molar-refractivity contribution is 5.92. The predicted molar refractivity (Wildman–Crippen MR) is 58.0 cm³/mol. The van der Waals surface area contributed by atoms with Crippen molar-refractivity contribution in [1.82, 2.24) is 0 Å². The Balaban J connectivity index is 3.47. The Labute approximate surface area is 107 Å². The molecular weight excluding hydrogens is 263 g/mol. The molecule has 1 aromatic carbocycles. The van der Waals surface area contributed by atoms with Gasteiger partial charge in [0.1, 0.15) is 6.07 Å². The number of carbonyl (C=O) groups is 1. The Hall–Kier alpha value is -2.07. The molecule has 1 rings (SSSR count). The molecule has 0 spiro atoms. The Morgan fingerprint density at radius 3 is 2.53 bits per heavy atom. The number of hydrogen-bond acceptors (Lipinski definition) is 4. The van der Waals surface area contributed by atoms with Gasteiger partial charge in [-0.25, -0.2) is 4.79 Å². The van der Waals surface area contributed by atoms with Crippen LogP contribution in [-0.2, 0) is 17.5 Å². The molecule has 0 saturated heterocycles. The van der Waals surface area contributed by atoms with E-state index < -0.39 is 35.4 Å². The number of nitriles is 1. The summed E-state index contributed by atoms with van der Waals surface area (Å²) in [5, 5.41) is 17.7. The topological polar surface area (TPSA) is 70.3 Å². The fourth-order valence-corrected chi connectivity index (χ4v) is 1.51. The quantitative estimate of drug-likeness (QED) is 0.857. The number of rotatable bonds is 3. The van der Waals surface area contributed by atoms with Crippen LogP contribution in [0.2, 0.25) is 0 Å². The Morgan fingerprint density at radius 1 is 1.47 bits per heavy atom.